The average molecular weight is 514 g/mol. The van der Waals surface area contributed by atoms with Crippen molar-refractivity contribution in [1.82, 2.24) is 15.1 Å². The van der Waals surface area contributed by atoms with E-state index in [9.17, 15) is 22.8 Å². The van der Waals surface area contributed by atoms with Crippen LogP contribution in [0.3, 0.4) is 0 Å². The summed E-state index contributed by atoms with van der Waals surface area (Å²) in [5.74, 6) is -0.142. The number of amides is 2. The first-order valence-corrected chi connectivity index (χ1v) is 11.9. The molecule has 0 spiro atoms. The minimum atomic E-state index is -4.61. The Morgan fingerprint density at radius 2 is 1.65 bits per heavy atom. The van der Waals surface area contributed by atoms with Gasteiger partial charge < -0.3 is 14.5 Å². The van der Waals surface area contributed by atoms with Crippen LogP contribution in [0.2, 0.25) is 0 Å². The summed E-state index contributed by atoms with van der Waals surface area (Å²) in [6.45, 7) is 3.28. The summed E-state index contributed by atoms with van der Waals surface area (Å²) in [6, 6.07) is 15.4. The number of anilines is 2. The van der Waals surface area contributed by atoms with Crippen molar-refractivity contribution in [3.63, 3.8) is 0 Å². The van der Waals surface area contributed by atoms with E-state index in [1.165, 1.54) is 34.7 Å². The molecule has 1 aliphatic rings. The highest BCUT2D eigenvalue weighted by molar-refractivity contribution is 5.96. The number of aryl methyl sites for hydroxylation is 1. The van der Waals surface area contributed by atoms with Crippen LogP contribution >= 0.6 is 0 Å². The Bertz CT molecular complexity index is 1230. The van der Waals surface area contributed by atoms with Gasteiger partial charge in [0, 0.05) is 37.9 Å². The first kappa shape index (κ1) is 25.9. The number of hydrogen-bond acceptors (Lipinski definition) is 6. The highest BCUT2D eigenvalue weighted by atomic mass is 19.4. The maximum Gasteiger partial charge on any atom is 0.418 e. The second kappa shape index (κ2) is 11.3. The second-order valence-corrected chi connectivity index (χ2v) is 8.51. The lowest BCUT2D eigenvalue weighted by Crippen LogP contribution is -2.49. The van der Waals surface area contributed by atoms with Gasteiger partial charge in [-0.25, -0.2) is 4.79 Å². The first-order valence-electron chi connectivity index (χ1n) is 11.9. The van der Waals surface area contributed by atoms with Crippen LogP contribution in [0, 0.1) is 0 Å². The predicted molar refractivity (Wildman–Crippen MR) is 132 cm³/mol. The molecular formula is C26H26F3N5O3. The van der Waals surface area contributed by atoms with Gasteiger partial charge in [0.25, 0.3) is 5.91 Å². The van der Waals surface area contributed by atoms with Gasteiger partial charge in [-0.3, -0.25) is 10.1 Å². The number of piperazine rings is 1. The maximum absolute atomic E-state index is 13.3. The maximum atomic E-state index is 13.3. The van der Waals surface area contributed by atoms with Gasteiger partial charge in [-0.1, -0.05) is 37.6 Å². The average Bonchev–Trinajstić information content (AvgIpc) is 2.89. The van der Waals surface area contributed by atoms with Crippen LogP contribution in [0.1, 0.15) is 34.8 Å². The predicted octanol–water partition coefficient (Wildman–Crippen LogP) is 5.02. The molecule has 2 amide bonds. The first-order chi connectivity index (χ1) is 17.7. The molecule has 0 saturated carbocycles. The Hall–Kier alpha value is -4.15. The number of carbonyl (C=O) groups excluding carboxylic acids is 2. The number of nitrogens with zero attached hydrogens (tertiary/aromatic N) is 4. The zero-order valence-electron chi connectivity index (χ0n) is 20.2. The SMILES string of the molecule is CCCc1ccc(NC(=O)Oc2ccc(N3CCN(C(=O)c4ccccc4C(F)(F)F)CC3)nn2)cc1. The molecule has 1 aromatic heterocycles. The normalized spacial score (nSPS) is 13.8. The number of nitrogens with one attached hydrogen (secondary N) is 1. The Morgan fingerprint density at radius 3 is 2.27 bits per heavy atom. The zero-order valence-corrected chi connectivity index (χ0v) is 20.2. The summed E-state index contributed by atoms with van der Waals surface area (Å²) >= 11 is 0. The Labute approximate surface area is 212 Å². The molecule has 0 bridgehead atoms. The third kappa shape index (κ3) is 6.54. The largest absolute Gasteiger partial charge is 0.418 e. The topological polar surface area (TPSA) is 87.7 Å². The third-order valence-electron chi connectivity index (χ3n) is 5.92. The minimum absolute atomic E-state index is 0.0152. The molecular weight excluding hydrogens is 487 g/mol. The summed E-state index contributed by atoms with van der Waals surface area (Å²) in [5.41, 5.74) is 0.472. The van der Waals surface area contributed by atoms with E-state index in [1.54, 1.807) is 18.2 Å². The van der Waals surface area contributed by atoms with Gasteiger partial charge in [-0.15, -0.1) is 10.2 Å². The molecule has 1 saturated heterocycles. The number of aromatic nitrogens is 2. The fourth-order valence-corrected chi connectivity index (χ4v) is 4.04. The minimum Gasteiger partial charge on any atom is -0.389 e. The lowest BCUT2D eigenvalue weighted by atomic mass is 10.1. The molecule has 0 radical (unpaired) electrons. The van der Waals surface area contributed by atoms with E-state index in [0.717, 1.165) is 18.9 Å². The van der Waals surface area contributed by atoms with Crippen LogP contribution < -0.4 is 15.0 Å². The quantitative estimate of drug-likeness (QED) is 0.498. The Kier molecular flexibility index (Phi) is 7.90. The van der Waals surface area contributed by atoms with Crippen molar-refractivity contribution in [1.29, 1.82) is 0 Å². The summed E-state index contributed by atoms with van der Waals surface area (Å²) in [4.78, 5) is 28.2. The Morgan fingerprint density at radius 1 is 0.946 bits per heavy atom. The highest BCUT2D eigenvalue weighted by Crippen LogP contribution is 2.32. The van der Waals surface area contributed by atoms with Crippen molar-refractivity contribution >= 4 is 23.5 Å². The molecule has 37 heavy (non-hydrogen) atoms. The van der Waals surface area contributed by atoms with E-state index in [4.69, 9.17) is 4.74 Å². The van der Waals surface area contributed by atoms with Crippen LogP contribution in [0.5, 0.6) is 5.88 Å². The van der Waals surface area contributed by atoms with Crippen molar-refractivity contribution in [2.45, 2.75) is 25.9 Å². The summed E-state index contributed by atoms with van der Waals surface area (Å²) < 4.78 is 45.1. The van der Waals surface area contributed by atoms with Gasteiger partial charge in [-0.2, -0.15) is 13.2 Å². The van der Waals surface area contributed by atoms with Crippen molar-refractivity contribution < 1.29 is 27.5 Å². The monoisotopic (exact) mass is 513 g/mol. The Balaban J connectivity index is 1.30. The number of rotatable bonds is 6. The van der Waals surface area contributed by atoms with E-state index < -0.39 is 23.7 Å². The van der Waals surface area contributed by atoms with Crippen molar-refractivity contribution in [3.8, 4) is 5.88 Å². The molecule has 1 N–H and O–H groups in total. The number of carbonyl (C=O) groups is 2. The molecule has 1 fully saturated rings. The van der Waals surface area contributed by atoms with Crippen molar-refractivity contribution in [3.05, 3.63) is 77.4 Å². The number of ether oxygens (including phenoxy) is 1. The molecule has 0 unspecified atom stereocenters. The van der Waals surface area contributed by atoms with Gasteiger partial charge in [0.1, 0.15) is 0 Å². The van der Waals surface area contributed by atoms with Gasteiger partial charge in [0.2, 0.25) is 5.88 Å². The van der Waals surface area contributed by atoms with Gasteiger partial charge >= 0.3 is 12.3 Å². The van der Waals surface area contributed by atoms with Crippen LogP contribution in [0.4, 0.5) is 29.5 Å². The smallest absolute Gasteiger partial charge is 0.389 e. The van der Waals surface area contributed by atoms with Crippen LogP contribution in [-0.4, -0.2) is 53.3 Å². The molecule has 11 heteroatoms. The molecule has 194 valence electrons. The van der Waals surface area contributed by atoms with Crippen molar-refractivity contribution in [2.24, 2.45) is 0 Å². The molecule has 3 aromatic rings. The fourth-order valence-electron chi connectivity index (χ4n) is 4.04. The van der Waals surface area contributed by atoms with Crippen LogP contribution in [0.15, 0.2) is 60.7 Å². The number of halogens is 3. The lowest BCUT2D eigenvalue weighted by Gasteiger charge is -2.35. The summed E-state index contributed by atoms with van der Waals surface area (Å²) in [7, 11) is 0. The molecule has 2 heterocycles. The number of hydrogen-bond donors (Lipinski definition) is 1. The lowest BCUT2D eigenvalue weighted by molar-refractivity contribution is -0.138. The molecule has 2 aromatic carbocycles. The van der Waals surface area contributed by atoms with E-state index in [1.807, 2.05) is 17.0 Å². The number of alkyl halides is 3. The van der Waals surface area contributed by atoms with Gasteiger partial charge in [0.15, 0.2) is 5.82 Å². The van der Waals surface area contributed by atoms with Crippen LogP contribution in [0.25, 0.3) is 0 Å². The zero-order chi connectivity index (χ0) is 26.4. The molecule has 1 aliphatic heterocycles. The highest BCUT2D eigenvalue weighted by Gasteiger charge is 2.36. The van der Waals surface area contributed by atoms with E-state index in [2.05, 4.69) is 22.4 Å². The molecule has 0 aliphatic carbocycles. The third-order valence-corrected chi connectivity index (χ3v) is 5.92. The summed E-state index contributed by atoms with van der Waals surface area (Å²) in [5, 5.41) is 10.7. The van der Waals surface area contributed by atoms with E-state index >= 15 is 0 Å². The molecule has 0 atom stereocenters. The van der Waals surface area contributed by atoms with E-state index in [0.29, 0.717) is 24.6 Å². The van der Waals surface area contributed by atoms with Gasteiger partial charge in [-0.05, 0) is 42.3 Å². The summed E-state index contributed by atoms with van der Waals surface area (Å²) in [6.07, 6.45) is -3.31. The molecule has 8 nitrogen and oxygen atoms in total. The van der Waals surface area contributed by atoms with E-state index in [-0.39, 0.29) is 24.5 Å². The van der Waals surface area contributed by atoms with Gasteiger partial charge in [0.05, 0.1) is 11.1 Å². The van der Waals surface area contributed by atoms with Crippen LogP contribution in [-0.2, 0) is 12.6 Å². The molecule has 4 rings (SSSR count). The van der Waals surface area contributed by atoms with Crippen molar-refractivity contribution in [2.75, 3.05) is 36.4 Å². The fraction of sp³-hybridized carbons (Fsp3) is 0.308. The standard InChI is InChI=1S/C26H26F3N5O3/c1-2-5-18-8-10-19(11-9-18)30-25(36)37-23-13-12-22(31-32-23)33-14-16-34(17-15-33)24(35)20-6-3-4-7-21(20)26(27,28)29/h3-4,6-13H,2,5,14-17H2,1H3,(H,30,36). The second-order valence-electron chi connectivity index (χ2n) is 8.51. The number of benzene rings is 2.